The minimum Gasteiger partial charge on any atom is -0.507 e. The lowest BCUT2D eigenvalue weighted by Gasteiger charge is -2.27. The van der Waals surface area contributed by atoms with Gasteiger partial charge in [0.2, 0.25) is 0 Å². The van der Waals surface area contributed by atoms with E-state index in [1.165, 1.54) is 55.5 Å². The van der Waals surface area contributed by atoms with Crippen molar-refractivity contribution in [2.45, 2.75) is 13.0 Å². The number of methoxy groups -OCH3 is 2. The molecule has 0 bridgehead atoms. The minimum atomic E-state index is -1.01. The number of benzene rings is 3. The summed E-state index contributed by atoms with van der Waals surface area (Å²) in [6, 6.07) is 14.4. The Morgan fingerprint density at radius 1 is 1.00 bits per heavy atom. The third-order valence-corrected chi connectivity index (χ3v) is 6.03. The van der Waals surface area contributed by atoms with Crippen molar-refractivity contribution in [2.24, 2.45) is 0 Å². The molecule has 1 amide bonds. The fourth-order valence-corrected chi connectivity index (χ4v) is 4.30. The highest BCUT2D eigenvalue weighted by Crippen LogP contribution is 2.45. The first-order valence-corrected chi connectivity index (χ1v) is 10.7. The Labute approximate surface area is 200 Å². The summed E-state index contributed by atoms with van der Waals surface area (Å²) < 4.78 is 24.3. The number of aliphatic hydroxyl groups excluding tert-OH is 1. The van der Waals surface area contributed by atoms with Crippen LogP contribution in [-0.2, 0) is 9.59 Å². The smallest absolute Gasteiger partial charge is 0.300 e. The van der Waals surface area contributed by atoms with Crippen LogP contribution >= 0.6 is 11.6 Å². The van der Waals surface area contributed by atoms with E-state index in [9.17, 15) is 19.1 Å². The Morgan fingerprint density at radius 3 is 2.26 bits per heavy atom. The topological polar surface area (TPSA) is 76.1 Å². The zero-order valence-electron chi connectivity index (χ0n) is 18.6. The van der Waals surface area contributed by atoms with E-state index in [2.05, 4.69) is 0 Å². The lowest BCUT2D eigenvalue weighted by Crippen LogP contribution is -2.30. The number of hydrogen-bond donors (Lipinski definition) is 1. The molecule has 1 heterocycles. The number of carbonyl (C=O) groups excluding carboxylic acids is 2. The predicted octanol–water partition coefficient (Wildman–Crippen LogP) is 5.43. The van der Waals surface area contributed by atoms with Crippen molar-refractivity contribution in [3.8, 4) is 11.5 Å². The molecular weight excluding hydrogens is 461 g/mol. The summed E-state index contributed by atoms with van der Waals surface area (Å²) in [5, 5.41) is 11.6. The molecule has 4 rings (SSSR count). The van der Waals surface area contributed by atoms with Crippen LogP contribution in [0.15, 0.2) is 66.2 Å². The first-order chi connectivity index (χ1) is 16.3. The maximum Gasteiger partial charge on any atom is 0.300 e. The molecule has 1 aliphatic rings. The second-order valence-electron chi connectivity index (χ2n) is 7.69. The van der Waals surface area contributed by atoms with Gasteiger partial charge in [-0.25, -0.2) is 4.39 Å². The zero-order valence-corrected chi connectivity index (χ0v) is 19.4. The molecule has 0 radical (unpaired) electrons. The average molecular weight is 482 g/mol. The van der Waals surface area contributed by atoms with E-state index in [4.69, 9.17) is 21.1 Å². The highest BCUT2D eigenvalue weighted by atomic mass is 35.5. The largest absolute Gasteiger partial charge is 0.507 e. The first-order valence-electron chi connectivity index (χ1n) is 10.3. The molecular formula is C26H21ClFNO5. The van der Waals surface area contributed by atoms with Gasteiger partial charge in [0.05, 0.1) is 36.4 Å². The molecule has 1 aliphatic heterocycles. The fourth-order valence-electron chi connectivity index (χ4n) is 4.07. The highest BCUT2D eigenvalue weighted by Gasteiger charge is 2.47. The summed E-state index contributed by atoms with van der Waals surface area (Å²) in [5.41, 5.74) is 1.66. The molecule has 3 aromatic rings. The normalized spacial score (nSPS) is 17.2. The third kappa shape index (κ3) is 3.88. The van der Waals surface area contributed by atoms with Crippen molar-refractivity contribution in [1.29, 1.82) is 0 Å². The number of ketones is 1. The van der Waals surface area contributed by atoms with E-state index >= 15 is 0 Å². The van der Waals surface area contributed by atoms with Crippen LogP contribution in [0.1, 0.15) is 22.7 Å². The van der Waals surface area contributed by atoms with Crippen molar-refractivity contribution in [3.05, 3.63) is 93.8 Å². The standard InChI is InChI=1S/C26H21ClFNO5/c1-14-6-4-5-7-19(14)29-23(15-8-10-16(28)11-9-15)22(25(31)26(29)32)24(30)17-12-21(34-3)18(27)13-20(17)33-2/h4-13,23,30H,1-3H3/b24-22+. The number of anilines is 1. The van der Waals surface area contributed by atoms with Gasteiger partial charge >= 0.3 is 0 Å². The molecule has 1 N–H and O–H groups in total. The van der Waals surface area contributed by atoms with Crippen molar-refractivity contribution in [2.75, 3.05) is 19.1 Å². The van der Waals surface area contributed by atoms with Crippen molar-refractivity contribution < 1.29 is 28.6 Å². The summed E-state index contributed by atoms with van der Waals surface area (Å²) >= 11 is 6.19. The van der Waals surface area contributed by atoms with Crippen LogP contribution in [0.5, 0.6) is 11.5 Å². The third-order valence-electron chi connectivity index (χ3n) is 5.73. The van der Waals surface area contributed by atoms with Gasteiger partial charge in [0.15, 0.2) is 0 Å². The number of hydrogen-bond acceptors (Lipinski definition) is 5. The SMILES string of the molecule is COc1cc(/C(O)=C2\C(=O)C(=O)N(c3ccccc3C)C2c2ccc(F)cc2)c(OC)cc1Cl. The van der Waals surface area contributed by atoms with Crippen LogP contribution in [0.25, 0.3) is 5.76 Å². The number of Topliss-reactive ketones (excluding diaryl/α,β-unsaturated/α-hetero) is 1. The maximum atomic E-state index is 13.7. The maximum absolute atomic E-state index is 13.7. The van der Waals surface area contributed by atoms with Gasteiger partial charge in [-0.15, -0.1) is 0 Å². The summed E-state index contributed by atoms with van der Waals surface area (Å²) in [7, 11) is 2.80. The van der Waals surface area contributed by atoms with Crippen molar-refractivity contribution in [1.82, 2.24) is 0 Å². The number of carbonyl (C=O) groups is 2. The fraction of sp³-hybridized carbons (Fsp3) is 0.154. The van der Waals surface area contributed by atoms with Crippen molar-refractivity contribution >= 4 is 34.7 Å². The first kappa shape index (κ1) is 23.3. The number of rotatable bonds is 5. The van der Waals surface area contributed by atoms with Gasteiger partial charge in [0.25, 0.3) is 11.7 Å². The lowest BCUT2D eigenvalue weighted by atomic mass is 9.94. The lowest BCUT2D eigenvalue weighted by molar-refractivity contribution is -0.132. The number of nitrogens with zero attached hydrogens (tertiary/aromatic N) is 1. The Balaban J connectivity index is 2.01. The molecule has 8 heteroatoms. The van der Waals surface area contributed by atoms with Crippen LogP contribution in [0.2, 0.25) is 5.02 Å². The van der Waals surface area contributed by atoms with E-state index in [0.717, 1.165) is 5.56 Å². The molecule has 174 valence electrons. The molecule has 0 aliphatic carbocycles. The second kappa shape index (κ2) is 9.19. The average Bonchev–Trinajstić information content (AvgIpc) is 3.09. The molecule has 0 saturated carbocycles. The zero-order chi connectivity index (χ0) is 24.6. The van der Waals surface area contributed by atoms with Gasteiger partial charge in [-0.2, -0.15) is 0 Å². The van der Waals surface area contributed by atoms with Crippen LogP contribution in [0.3, 0.4) is 0 Å². The summed E-state index contributed by atoms with van der Waals surface area (Å²) in [5.74, 6) is -2.20. The van der Waals surface area contributed by atoms with Gasteiger partial charge in [0.1, 0.15) is 23.1 Å². The van der Waals surface area contributed by atoms with Gasteiger partial charge in [0, 0.05) is 11.8 Å². The number of aryl methyl sites for hydroxylation is 1. The van der Waals surface area contributed by atoms with E-state index in [0.29, 0.717) is 11.3 Å². The number of halogens is 2. The van der Waals surface area contributed by atoms with Crippen LogP contribution in [0, 0.1) is 12.7 Å². The molecule has 1 unspecified atom stereocenters. The van der Waals surface area contributed by atoms with Gasteiger partial charge in [-0.1, -0.05) is 41.9 Å². The van der Waals surface area contributed by atoms with E-state index in [-0.39, 0.29) is 27.7 Å². The van der Waals surface area contributed by atoms with Crippen LogP contribution in [-0.4, -0.2) is 31.0 Å². The Bertz CT molecular complexity index is 1320. The van der Waals surface area contributed by atoms with Gasteiger partial charge in [-0.05, 0) is 42.3 Å². The van der Waals surface area contributed by atoms with E-state index in [1.54, 1.807) is 12.1 Å². The molecule has 1 fully saturated rings. The summed E-state index contributed by atoms with van der Waals surface area (Å²) in [6.07, 6.45) is 0. The summed E-state index contributed by atoms with van der Waals surface area (Å²) in [4.78, 5) is 27.9. The molecule has 34 heavy (non-hydrogen) atoms. The Kier molecular flexibility index (Phi) is 6.30. The monoisotopic (exact) mass is 481 g/mol. The van der Waals surface area contributed by atoms with Gasteiger partial charge in [-0.3, -0.25) is 14.5 Å². The Morgan fingerprint density at radius 2 is 1.65 bits per heavy atom. The van der Waals surface area contributed by atoms with Gasteiger partial charge < -0.3 is 14.6 Å². The molecule has 6 nitrogen and oxygen atoms in total. The second-order valence-corrected chi connectivity index (χ2v) is 8.10. The molecule has 3 aromatic carbocycles. The van der Waals surface area contributed by atoms with E-state index < -0.39 is 29.3 Å². The van der Waals surface area contributed by atoms with Crippen molar-refractivity contribution in [3.63, 3.8) is 0 Å². The summed E-state index contributed by atoms with van der Waals surface area (Å²) in [6.45, 7) is 1.81. The quantitative estimate of drug-likeness (QED) is 0.299. The van der Waals surface area contributed by atoms with E-state index in [1.807, 2.05) is 19.1 Å². The predicted molar refractivity (Wildman–Crippen MR) is 127 cm³/mol. The molecule has 1 saturated heterocycles. The minimum absolute atomic E-state index is 0.124. The number of aliphatic hydroxyl groups is 1. The number of para-hydroxylation sites is 1. The van der Waals surface area contributed by atoms with Crippen LogP contribution < -0.4 is 14.4 Å². The Hall–Kier alpha value is -3.84. The number of amides is 1. The molecule has 0 spiro atoms. The number of ether oxygens (including phenoxy) is 2. The van der Waals surface area contributed by atoms with Crippen LogP contribution in [0.4, 0.5) is 10.1 Å². The highest BCUT2D eigenvalue weighted by molar-refractivity contribution is 6.51. The molecule has 1 atom stereocenters. The molecule has 0 aromatic heterocycles.